The Labute approximate surface area is 355 Å². The Balaban J connectivity index is 0.997. The minimum Gasteiger partial charge on any atom is -0.228 e. The molecule has 11 aromatic rings. The van der Waals surface area contributed by atoms with Gasteiger partial charge in [0.15, 0.2) is 5.82 Å². The first kappa shape index (κ1) is 35.3. The third-order valence-electron chi connectivity index (χ3n) is 13.1. The highest BCUT2D eigenvalue weighted by Crippen LogP contribution is 2.51. The van der Waals surface area contributed by atoms with Gasteiger partial charge in [0.1, 0.15) is 0 Å². The number of aromatic nitrogens is 2. The molecule has 61 heavy (non-hydrogen) atoms. The van der Waals surface area contributed by atoms with Crippen molar-refractivity contribution in [3.05, 3.63) is 217 Å². The van der Waals surface area contributed by atoms with E-state index in [1.54, 1.807) is 0 Å². The lowest BCUT2D eigenvalue weighted by Gasteiger charge is -2.22. The summed E-state index contributed by atoms with van der Waals surface area (Å²) in [5, 5.41) is 9.70. The van der Waals surface area contributed by atoms with Gasteiger partial charge in [0.05, 0.1) is 11.4 Å². The van der Waals surface area contributed by atoms with Gasteiger partial charge >= 0.3 is 0 Å². The molecule has 0 saturated carbocycles. The van der Waals surface area contributed by atoms with Gasteiger partial charge in [-0.05, 0) is 118 Å². The fourth-order valence-electron chi connectivity index (χ4n) is 10.0. The molecular weight excluding hydrogens is 737 g/mol. The van der Waals surface area contributed by atoms with E-state index in [2.05, 4.69) is 214 Å². The van der Waals surface area contributed by atoms with Crippen molar-refractivity contribution in [1.82, 2.24) is 9.97 Å². The molecule has 286 valence electrons. The molecule has 1 heterocycles. The number of benzene rings is 10. The summed E-state index contributed by atoms with van der Waals surface area (Å²) in [6, 6.07) is 74.9. The van der Waals surface area contributed by atoms with E-state index in [0.29, 0.717) is 5.82 Å². The van der Waals surface area contributed by atoms with Crippen LogP contribution in [0.5, 0.6) is 0 Å². The second kappa shape index (κ2) is 13.7. The van der Waals surface area contributed by atoms with E-state index < -0.39 is 0 Å². The molecule has 12 rings (SSSR count). The summed E-state index contributed by atoms with van der Waals surface area (Å²) in [6.07, 6.45) is 0. The van der Waals surface area contributed by atoms with E-state index in [0.717, 1.165) is 33.5 Å². The van der Waals surface area contributed by atoms with Crippen molar-refractivity contribution in [2.24, 2.45) is 0 Å². The van der Waals surface area contributed by atoms with E-state index in [-0.39, 0.29) is 5.41 Å². The van der Waals surface area contributed by atoms with Crippen molar-refractivity contribution < 1.29 is 0 Å². The predicted octanol–water partition coefficient (Wildman–Crippen LogP) is 15.7. The lowest BCUT2D eigenvalue weighted by molar-refractivity contribution is 0.661. The Morgan fingerprint density at radius 3 is 1.52 bits per heavy atom. The van der Waals surface area contributed by atoms with Crippen LogP contribution >= 0.6 is 0 Å². The lowest BCUT2D eigenvalue weighted by atomic mass is 9.80. The van der Waals surface area contributed by atoms with Gasteiger partial charge in [-0.1, -0.05) is 190 Å². The zero-order valence-corrected chi connectivity index (χ0v) is 34.0. The molecule has 0 amide bonds. The third-order valence-corrected chi connectivity index (χ3v) is 13.1. The summed E-state index contributed by atoms with van der Waals surface area (Å²) in [5.41, 5.74) is 15.2. The molecule has 0 radical (unpaired) electrons. The van der Waals surface area contributed by atoms with Gasteiger partial charge in [0, 0.05) is 22.1 Å². The molecule has 0 aliphatic heterocycles. The molecule has 2 nitrogen and oxygen atoms in total. The molecule has 1 aliphatic rings. The standard InChI is InChI=1S/C59H40N2/c1-59(2)54-35-41(27-28-50(54)53-33-39-18-6-7-19-40(39)34-55(53)59)43-29-30-48(45-23-11-10-22-44(43)45)49-31-32-52(47-25-13-12-24-46(47)49)58-60-56(38-16-4-3-5-17-38)36-57(61-58)51-26-14-20-37-15-8-9-21-42(37)51/h3-36H,1-2H3. The van der Waals surface area contributed by atoms with Crippen LogP contribution in [0, 0.1) is 0 Å². The molecule has 0 N–H and O–H groups in total. The SMILES string of the molecule is CC1(C)c2cc(-c3ccc(-c4ccc(-c5nc(-c6ccccc6)cc(-c6cccc7ccccc67)n5)c5ccccc45)c4ccccc34)ccc2-c2cc3ccccc3cc21. The van der Waals surface area contributed by atoms with E-state index in [4.69, 9.17) is 9.97 Å². The molecule has 1 aliphatic carbocycles. The average molecular weight is 777 g/mol. The quantitative estimate of drug-likeness (QED) is 0.174. The van der Waals surface area contributed by atoms with Crippen LogP contribution in [0.1, 0.15) is 25.0 Å². The van der Waals surface area contributed by atoms with Crippen molar-refractivity contribution in [2.75, 3.05) is 0 Å². The van der Waals surface area contributed by atoms with E-state index >= 15 is 0 Å². The average Bonchev–Trinajstić information content (AvgIpc) is 3.54. The molecule has 0 saturated heterocycles. The Bertz CT molecular complexity index is 3560. The maximum absolute atomic E-state index is 5.35. The number of nitrogens with zero attached hydrogens (tertiary/aromatic N) is 2. The normalized spacial score (nSPS) is 12.9. The number of hydrogen-bond acceptors (Lipinski definition) is 2. The topological polar surface area (TPSA) is 25.8 Å². The van der Waals surface area contributed by atoms with Crippen LogP contribution in [-0.4, -0.2) is 9.97 Å². The van der Waals surface area contributed by atoms with Crippen LogP contribution in [-0.2, 0) is 5.41 Å². The van der Waals surface area contributed by atoms with Crippen molar-refractivity contribution in [3.63, 3.8) is 0 Å². The summed E-state index contributed by atoms with van der Waals surface area (Å²) in [6.45, 7) is 4.75. The predicted molar refractivity (Wildman–Crippen MR) is 257 cm³/mol. The number of fused-ring (bicyclic) bond motifs is 7. The van der Waals surface area contributed by atoms with Crippen molar-refractivity contribution >= 4 is 43.1 Å². The van der Waals surface area contributed by atoms with Gasteiger partial charge < -0.3 is 0 Å². The summed E-state index contributed by atoms with van der Waals surface area (Å²) >= 11 is 0. The highest BCUT2D eigenvalue weighted by molar-refractivity contribution is 6.12. The Morgan fingerprint density at radius 1 is 0.295 bits per heavy atom. The summed E-state index contributed by atoms with van der Waals surface area (Å²) in [4.78, 5) is 10.6. The largest absolute Gasteiger partial charge is 0.228 e. The summed E-state index contributed by atoms with van der Waals surface area (Å²) in [5.74, 6) is 0.710. The van der Waals surface area contributed by atoms with Crippen LogP contribution in [0.3, 0.4) is 0 Å². The molecule has 0 bridgehead atoms. The van der Waals surface area contributed by atoms with Crippen LogP contribution in [0.25, 0.3) is 110 Å². The lowest BCUT2D eigenvalue weighted by Crippen LogP contribution is -2.15. The first-order valence-electron chi connectivity index (χ1n) is 21.1. The second-order valence-electron chi connectivity index (χ2n) is 16.9. The van der Waals surface area contributed by atoms with Gasteiger partial charge in [-0.25, -0.2) is 9.97 Å². The van der Waals surface area contributed by atoms with Crippen LogP contribution in [0.4, 0.5) is 0 Å². The molecule has 0 unspecified atom stereocenters. The van der Waals surface area contributed by atoms with Gasteiger partial charge in [-0.2, -0.15) is 0 Å². The fourth-order valence-corrected chi connectivity index (χ4v) is 10.0. The van der Waals surface area contributed by atoms with Crippen LogP contribution < -0.4 is 0 Å². The Hall–Kier alpha value is -7.68. The van der Waals surface area contributed by atoms with Crippen LogP contribution in [0.15, 0.2) is 206 Å². The van der Waals surface area contributed by atoms with Crippen molar-refractivity contribution in [3.8, 4) is 67.3 Å². The maximum atomic E-state index is 5.35. The fraction of sp³-hybridized carbons (Fsp3) is 0.0508. The smallest absolute Gasteiger partial charge is 0.161 e. The summed E-state index contributed by atoms with van der Waals surface area (Å²) in [7, 11) is 0. The van der Waals surface area contributed by atoms with Crippen molar-refractivity contribution in [2.45, 2.75) is 19.3 Å². The second-order valence-corrected chi connectivity index (χ2v) is 16.9. The zero-order chi connectivity index (χ0) is 40.7. The highest BCUT2D eigenvalue weighted by atomic mass is 14.9. The van der Waals surface area contributed by atoms with E-state index in [9.17, 15) is 0 Å². The van der Waals surface area contributed by atoms with E-state index in [1.165, 1.54) is 82.2 Å². The minimum absolute atomic E-state index is 0.110. The summed E-state index contributed by atoms with van der Waals surface area (Å²) < 4.78 is 0. The van der Waals surface area contributed by atoms with Crippen molar-refractivity contribution in [1.29, 1.82) is 0 Å². The molecule has 0 atom stereocenters. The minimum atomic E-state index is -0.110. The monoisotopic (exact) mass is 776 g/mol. The third kappa shape index (κ3) is 5.64. The number of hydrogen-bond donors (Lipinski definition) is 0. The molecule has 0 spiro atoms. The number of rotatable bonds is 5. The molecule has 0 fully saturated rings. The highest BCUT2D eigenvalue weighted by Gasteiger charge is 2.36. The van der Waals surface area contributed by atoms with Crippen LogP contribution in [0.2, 0.25) is 0 Å². The molecule has 1 aromatic heterocycles. The Morgan fingerprint density at radius 2 is 0.803 bits per heavy atom. The van der Waals surface area contributed by atoms with Gasteiger partial charge in [-0.3, -0.25) is 0 Å². The zero-order valence-electron chi connectivity index (χ0n) is 34.0. The van der Waals surface area contributed by atoms with Gasteiger partial charge in [-0.15, -0.1) is 0 Å². The maximum Gasteiger partial charge on any atom is 0.161 e. The molecule has 2 heteroatoms. The van der Waals surface area contributed by atoms with Gasteiger partial charge in [0.25, 0.3) is 0 Å². The van der Waals surface area contributed by atoms with E-state index in [1.807, 2.05) is 6.07 Å². The van der Waals surface area contributed by atoms with Gasteiger partial charge in [0.2, 0.25) is 0 Å². The molecular formula is C59H40N2. The first-order chi connectivity index (χ1) is 30.0. The molecule has 10 aromatic carbocycles. The first-order valence-corrected chi connectivity index (χ1v) is 21.1. The Kier molecular flexibility index (Phi) is 7.92.